The van der Waals surface area contributed by atoms with Crippen LogP contribution in [0.5, 0.6) is 0 Å². The highest BCUT2D eigenvalue weighted by molar-refractivity contribution is 7.89. The highest BCUT2D eigenvalue weighted by Gasteiger charge is 2.28. The van der Waals surface area contributed by atoms with Crippen LogP contribution in [0, 0.1) is 0 Å². The molecule has 0 spiro atoms. The standard InChI is InChI=1S/C13H23N3O4S/c1-11(10-20-3)16(8-9-19-2)21(17,18)13-6-4-12(15-14)5-7-13/h4-7,11,15H,8-10,14H2,1-3H3. The van der Waals surface area contributed by atoms with Crippen LogP contribution >= 0.6 is 0 Å². The number of hydrogen-bond donors (Lipinski definition) is 2. The molecular formula is C13H23N3O4S. The summed E-state index contributed by atoms with van der Waals surface area (Å²) in [5.74, 6) is 5.28. The van der Waals surface area contributed by atoms with Gasteiger partial charge in [-0.1, -0.05) is 0 Å². The summed E-state index contributed by atoms with van der Waals surface area (Å²) in [6, 6.07) is 5.97. The first-order valence-corrected chi connectivity index (χ1v) is 7.97. The van der Waals surface area contributed by atoms with E-state index in [-0.39, 0.29) is 17.5 Å². The number of ether oxygens (including phenoxy) is 2. The van der Waals surface area contributed by atoms with Crippen LogP contribution in [-0.2, 0) is 19.5 Å². The summed E-state index contributed by atoms with van der Waals surface area (Å²) in [5.41, 5.74) is 3.10. The Morgan fingerprint density at radius 3 is 2.33 bits per heavy atom. The maximum Gasteiger partial charge on any atom is 0.243 e. The second-order valence-corrected chi connectivity index (χ2v) is 6.47. The third-order valence-electron chi connectivity index (χ3n) is 3.04. The van der Waals surface area contributed by atoms with Gasteiger partial charge in [0.05, 0.1) is 18.1 Å². The van der Waals surface area contributed by atoms with Crippen LogP contribution in [0.4, 0.5) is 5.69 Å². The zero-order chi connectivity index (χ0) is 15.9. The molecular weight excluding hydrogens is 294 g/mol. The minimum Gasteiger partial charge on any atom is -0.383 e. The van der Waals surface area contributed by atoms with Crippen LogP contribution < -0.4 is 11.3 Å². The Morgan fingerprint density at radius 1 is 1.24 bits per heavy atom. The molecule has 0 fully saturated rings. The Bertz CT molecular complexity index is 519. The van der Waals surface area contributed by atoms with Crippen LogP contribution in [0.2, 0.25) is 0 Å². The molecule has 0 bridgehead atoms. The predicted octanol–water partition coefficient (Wildman–Crippen LogP) is 0.644. The molecule has 0 aliphatic heterocycles. The fourth-order valence-electron chi connectivity index (χ4n) is 1.94. The first-order valence-electron chi connectivity index (χ1n) is 6.53. The fourth-order valence-corrected chi connectivity index (χ4v) is 3.54. The number of nitrogens with two attached hydrogens (primary N) is 1. The van der Waals surface area contributed by atoms with E-state index in [4.69, 9.17) is 15.3 Å². The van der Waals surface area contributed by atoms with Crippen LogP contribution in [0.1, 0.15) is 6.92 Å². The summed E-state index contributed by atoms with van der Waals surface area (Å²) in [4.78, 5) is 0.209. The van der Waals surface area contributed by atoms with Crippen LogP contribution in [-0.4, -0.2) is 52.7 Å². The van der Waals surface area contributed by atoms with E-state index in [0.717, 1.165) is 0 Å². The minimum absolute atomic E-state index is 0.209. The Balaban J connectivity index is 3.06. The molecule has 0 saturated heterocycles. The molecule has 3 N–H and O–H groups in total. The number of anilines is 1. The van der Waals surface area contributed by atoms with Gasteiger partial charge in [-0.3, -0.25) is 5.84 Å². The van der Waals surface area contributed by atoms with E-state index in [0.29, 0.717) is 18.9 Å². The smallest absolute Gasteiger partial charge is 0.243 e. The lowest BCUT2D eigenvalue weighted by molar-refractivity contribution is 0.119. The zero-order valence-corrected chi connectivity index (χ0v) is 13.4. The second kappa shape index (κ2) is 8.30. The Kier molecular flexibility index (Phi) is 7.06. The van der Waals surface area contributed by atoms with Gasteiger partial charge in [-0.15, -0.1) is 0 Å². The molecule has 0 radical (unpaired) electrons. The van der Waals surface area contributed by atoms with E-state index in [1.165, 1.54) is 23.5 Å². The van der Waals surface area contributed by atoms with Gasteiger partial charge in [0.25, 0.3) is 0 Å². The molecule has 1 aromatic carbocycles. The molecule has 8 heteroatoms. The van der Waals surface area contributed by atoms with Gasteiger partial charge in [-0.05, 0) is 31.2 Å². The van der Waals surface area contributed by atoms with Gasteiger partial charge in [0.2, 0.25) is 10.0 Å². The fraction of sp³-hybridized carbons (Fsp3) is 0.538. The monoisotopic (exact) mass is 317 g/mol. The first-order chi connectivity index (χ1) is 9.97. The largest absolute Gasteiger partial charge is 0.383 e. The highest BCUT2D eigenvalue weighted by atomic mass is 32.2. The van der Waals surface area contributed by atoms with Gasteiger partial charge in [0.15, 0.2) is 0 Å². The summed E-state index contributed by atoms with van der Waals surface area (Å²) in [6.07, 6.45) is 0. The maximum atomic E-state index is 12.7. The van der Waals surface area contributed by atoms with Crippen molar-refractivity contribution in [2.75, 3.05) is 39.4 Å². The number of hydrogen-bond acceptors (Lipinski definition) is 6. The van der Waals surface area contributed by atoms with Crippen LogP contribution in [0.3, 0.4) is 0 Å². The zero-order valence-electron chi connectivity index (χ0n) is 12.6. The Hall–Kier alpha value is -1.19. The topological polar surface area (TPSA) is 93.9 Å². The summed E-state index contributed by atoms with van der Waals surface area (Å²) in [5, 5.41) is 0. The number of methoxy groups -OCH3 is 2. The van der Waals surface area contributed by atoms with Crippen molar-refractivity contribution in [3.05, 3.63) is 24.3 Å². The molecule has 0 amide bonds. The van der Waals surface area contributed by atoms with Crippen molar-refractivity contribution in [1.29, 1.82) is 0 Å². The minimum atomic E-state index is -3.61. The molecule has 7 nitrogen and oxygen atoms in total. The molecule has 21 heavy (non-hydrogen) atoms. The molecule has 0 aliphatic carbocycles. The van der Waals surface area contributed by atoms with Gasteiger partial charge in [0, 0.05) is 32.5 Å². The quantitative estimate of drug-likeness (QED) is 0.513. The van der Waals surface area contributed by atoms with Gasteiger partial charge in [0.1, 0.15) is 0 Å². The molecule has 0 aromatic heterocycles. The van der Waals surface area contributed by atoms with E-state index in [2.05, 4.69) is 5.43 Å². The van der Waals surface area contributed by atoms with E-state index >= 15 is 0 Å². The molecule has 1 atom stereocenters. The average molecular weight is 317 g/mol. The van der Waals surface area contributed by atoms with E-state index in [9.17, 15) is 8.42 Å². The van der Waals surface area contributed by atoms with E-state index in [1.54, 1.807) is 26.2 Å². The number of nitrogens with zero attached hydrogens (tertiary/aromatic N) is 1. The van der Waals surface area contributed by atoms with Crippen LogP contribution in [0.15, 0.2) is 29.2 Å². The normalized spacial score (nSPS) is 13.4. The summed E-state index contributed by atoms with van der Waals surface area (Å²) < 4.78 is 36.9. The predicted molar refractivity (Wildman–Crippen MR) is 81.4 cm³/mol. The molecule has 120 valence electrons. The number of nitrogen functional groups attached to an aromatic ring is 1. The highest BCUT2D eigenvalue weighted by Crippen LogP contribution is 2.20. The van der Waals surface area contributed by atoms with Gasteiger partial charge < -0.3 is 14.9 Å². The summed E-state index contributed by atoms with van der Waals surface area (Å²) in [7, 11) is -0.539. The first kappa shape index (κ1) is 17.9. The number of sulfonamides is 1. The number of rotatable bonds is 9. The number of hydrazine groups is 1. The van der Waals surface area contributed by atoms with Crippen molar-refractivity contribution in [2.45, 2.75) is 17.9 Å². The molecule has 0 heterocycles. The third kappa shape index (κ3) is 4.65. The Labute approximate surface area is 126 Å². The van der Waals surface area contributed by atoms with E-state index < -0.39 is 10.0 Å². The van der Waals surface area contributed by atoms with Gasteiger partial charge >= 0.3 is 0 Å². The molecule has 0 aliphatic rings. The number of benzene rings is 1. The second-order valence-electron chi connectivity index (χ2n) is 4.58. The van der Waals surface area contributed by atoms with Crippen molar-refractivity contribution in [3.8, 4) is 0 Å². The third-order valence-corrected chi connectivity index (χ3v) is 5.07. The van der Waals surface area contributed by atoms with E-state index in [1.807, 2.05) is 0 Å². The SMILES string of the molecule is COCCN(C(C)COC)S(=O)(=O)c1ccc(NN)cc1. The summed E-state index contributed by atoms with van der Waals surface area (Å²) in [6.45, 7) is 2.69. The molecule has 1 rings (SSSR count). The van der Waals surface area contributed by atoms with Crippen molar-refractivity contribution in [2.24, 2.45) is 5.84 Å². The average Bonchev–Trinajstić information content (AvgIpc) is 2.47. The molecule has 1 unspecified atom stereocenters. The lowest BCUT2D eigenvalue weighted by atomic mass is 10.3. The van der Waals surface area contributed by atoms with Crippen molar-refractivity contribution in [1.82, 2.24) is 4.31 Å². The maximum absolute atomic E-state index is 12.7. The van der Waals surface area contributed by atoms with Gasteiger partial charge in [-0.2, -0.15) is 4.31 Å². The Morgan fingerprint density at radius 2 is 1.86 bits per heavy atom. The number of nitrogens with one attached hydrogen (secondary N) is 1. The lowest BCUT2D eigenvalue weighted by Crippen LogP contribution is -2.42. The van der Waals surface area contributed by atoms with Crippen molar-refractivity contribution >= 4 is 15.7 Å². The van der Waals surface area contributed by atoms with Crippen LogP contribution in [0.25, 0.3) is 0 Å². The summed E-state index contributed by atoms with van der Waals surface area (Å²) >= 11 is 0. The van der Waals surface area contributed by atoms with Gasteiger partial charge in [-0.25, -0.2) is 8.42 Å². The molecule has 0 saturated carbocycles. The molecule has 1 aromatic rings. The lowest BCUT2D eigenvalue weighted by Gasteiger charge is -2.27. The van der Waals surface area contributed by atoms with Crippen molar-refractivity contribution < 1.29 is 17.9 Å². The van der Waals surface area contributed by atoms with Crippen molar-refractivity contribution in [3.63, 3.8) is 0 Å².